The highest BCUT2D eigenvalue weighted by atomic mass is 16.5. The van der Waals surface area contributed by atoms with Crippen LogP contribution in [0.5, 0.6) is 0 Å². The molecular weight excluding hydrogens is 775 g/mol. The fourth-order valence-electron chi connectivity index (χ4n) is 8.90. The van der Waals surface area contributed by atoms with E-state index in [1.807, 2.05) is 51.1 Å². The summed E-state index contributed by atoms with van der Waals surface area (Å²) in [5.74, 6) is 1.04. The Bertz CT molecular complexity index is 2300. The Morgan fingerprint density at radius 2 is 1.70 bits per heavy atom. The average Bonchev–Trinajstić information content (AvgIpc) is 3.54. The second kappa shape index (κ2) is 17.1. The maximum atomic E-state index is 13.1. The quantitative estimate of drug-likeness (QED) is 0.177. The second-order valence-electron chi connectivity index (χ2n) is 17.1. The van der Waals surface area contributed by atoms with Crippen LogP contribution < -0.4 is 25.8 Å². The predicted octanol–water partition coefficient (Wildman–Crippen LogP) is 3.93. The molecule has 1 atom stereocenters. The molecule has 5 aliphatic rings. The predicted molar refractivity (Wildman–Crippen MR) is 230 cm³/mol. The molecule has 318 valence electrons. The van der Waals surface area contributed by atoms with Gasteiger partial charge in [0.05, 0.1) is 48.8 Å². The smallest absolute Gasteiger partial charge is 0.317 e. The number of carbonyl (C=O) groups excluding carboxylic acids is 4. The summed E-state index contributed by atoms with van der Waals surface area (Å²) in [6.07, 6.45) is 2.62. The van der Waals surface area contributed by atoms with Crippen LogP contribution in [-0.2, 0) is 27.4 Å². The molecule has 16 nitrogen and oxygen atoms in total. The summed E-state index contributed by atoms with van der Waals surface area (Å²) < 4.78 is 5.76. The maximum absolute atomic E-state index is 13.1. The minimum absolute atomic E-state index is 0.0690. The van der Waals surface area contributed by atoms with E-state index in [-0.39, 0.29) is 43.0 Å². The first-order valence-corrected chi connectivity index (χ1v) is 21.4. The third kappa shape index (κ3) is 8.86. The third-order valence-corrected chi connectivity index (χ3v) is 12.3. The lowest BCUT2D eigenvalue weighted by Gasteiger charge is -2.44. The number of urea groups is 1. The molecule has 61 heavy (non-hydrogen) atoms. The van der Waals surface area contributed by atoms with Crippen LogP contribution in [0.3, 0.4) is 0 Å². The van der Waals surface area contributed by atoms with Crippen LogP contribution in [0.15, 0.2) is 66.9 Å². The monoisotopic (exact) mass is 827 g/mol. The van der Waals surface area contributed by atoms with Gasteiger partial charge < -0.3 is 35.0 Å². The van der Waals surface area contributed by atoms with E-state index in [1.165, 1.54) is 5.69 Å². The van der Waals surface area contributed by atoms with Crippen LogP contribution in [0.1, 0.15) is 53.9 Å². The summed E-state index contributed by atoms with van der Waals surface area (Å²) in [6, 6.07) is 19.5. The van der Waals surface area contributed by atoms with Gasteiger partial charge in [-0.15, -0.1) is 0 Å². The molecule has 4 aromatic rings. The zero-order valence-electron chi connectivity index (χ0n) is 35.0. The number of benzene rings is 2. The minimum Gasteiger partial charge on any atom is -0.372 e. The molecule has 16 heteroatoms. The number of anilines is 4. The van der Waals surface area contributed by atoms with Gasteiger partial charge in [0.15, 0.2) is 0 Å². The highest BCUT2D eigenvalue weighted by molar-refractivity contribution is 6.05. The van der Waals surface area contributed by atoms with E-state index in [0.717, 1.165) is 79.7 Å². The van der Waals surface area contributed by atoms with Crippen LogP contribution in [0.2, 0.25) is 0 Å². The molecule has 5 amide bonds. The summed E-state index contributed by atoms with van der Waals surface area (Å²) in [7, 11) is 0. The van der Waals surface area contributed by atoms with Crippen molar-refractivity contribution in [2.75, 3.05) is 74.0 Å². The Morgan fingerprint density at radius 1 is 0.918 bits per heavy atom. The van der Waals surface area contributed by atoms with Gasteiger partial charge in [-0.05, 0) is 86.8 Å². The lowest BCUT2D eigenvalue weighted by Crippen LogP contribution is -2.58. The van der Waals surface area contributed by atoms with E-state index in [1.54, 1.807) is 16.0 Å². The van der Waals surface area contributed by atoms with Crippen molar-refractivity contribution in [3.05, 3.63) is 89.2 Å². The first kappa shape index (κ1) is 40.3. The number of pyridine rings is 1. The number of fused-ring (bicyclic) bond motifs is 1. The summed E-state index contributed by atoms with van der Waals surface area (Å²) in [6.45, 7) is 14.8. The molecular formula is C45H53N11O5. The number of piperidine rings is 1. The van der Waals surface area contributed by atoms with Gasteiger partial charge in [-0.1, -0.05) is 12.1 Å². The lowest BCUT2D eigenvalue weighted by atomic mass is 9.99. The number of hydrogen-bond acceptors (Lipinski definition) is 12. The minimum atomic E-state index is -0.636. The van der Waals surface area contributed by atoms with Crippen LogP contribution in [0, 0.1) is 12.8 Å². The van der Waals surface area contributed by atoms with Crippen molar-refractivity contribution in [2.24, 2.45) is 5.92 Å². The van der Waals surface area contributed by atoms with Gasteiger partial charge in [-0.25, -0.2) is 19.7 Å². The van der Waals surface area contributed by atoms with Crippen molar-refractivity contribution in [3.8, 4) is 11.3 Å². The number of aryl methyl sites for hydroxylation is 1. The number of hydrogen-bond donors (Lipinski definition) is 3. The molecule has 7 heterocycles. The number of ether oxygens (including phenoxy) is 1. The van der Waals surface area contributed by atoms with Gasteiger partial charge in [-0.2, -0.15) is 0 Å². The molecule has 9 rings (SSSR count). The summed E-state index contributed by atoms with van der Waals surface area (Å²) >= 11 is 0. The molecule has 0 radical (unpaired) electrons. The highest BCUT2D eigenvalue weighted by Crippen LogP contribution is 2.31. The second-order valence-corrected chi connectivity index (χ2v) is 17.1. The van der Waals surface area contributed by atoms with E-state index in [9.17, 15) is 19.2 Å². The van der Waals surface area contributed by atoms with Crippen molar-refractivity contribution < 1.29 is 23.9 Å². The number of imide groups is 1. The summed E-state index contributed by atoms with van der Waals surface area (Å²) in [5.41, 5.74) is 7.27. The van der Waals surface area contributed by atoms with E-state index in [4.69, 9.17) is 14.7 Å². The zero-order valence-corrected chi connectivity index (χ0v) is 35.0. The Kier molecular flexibility index (Phi) is 11.3. The normalized spacial score (nSPS) is 19.8. The Balaban J connectivity index is 0.709. The molecule has 4 fully saturated rings. The number of rotatable bonds is 12. The Morgan fingerprint density at radius 3 is 2.44 bits per heavy atom. The van der Waals surface area contributed by atoms with Gasteiger partial charge in [0.1, 0.15) is 11.9 Å². The Labute approximate surface area is 355 Å². The van der Waals surface area contributed by atoms with Crippen molar-refractivity contribution in [1.82, 2.24) is 40.3 Å². The molecule has 0 bridgehead atoms. The molecule has 4 saturated heterocycles. The van der Waals surface area contributed by atoms with Crippen molar-refractivity contribution in [3.63, 3.8) is 0 Å². The highest BCUT2D eigenvalue weighted by Gasteiger charge is 2.40. The van der Waals surface area contributed by atoms with Crippen molar-refractivity contribution >= 4 is 46.9 Å². The van der Waals surface area contributed by atoms with E-state index < -0.39 is 11.9 Å². The van der Waals surface area contributed by atoms with Gasteiger partial charge in [0, 0.05) is 87.8 Å². The van der Waals surface area contributed by atoms with Crippen LogP contribution >= 0.6 is 0 Å². The standard InChI is InChI=1S/C45H53N11O5/c1-28(2)61-35-25-55(26-35)45(60)47-21-32-5-4-31(20-29(32)3)37-14-15-46-44(50-37)48-33-6-8-34(9-7-33)53-18-16-52(17-19-53)22-30-23-54(24-30)40-12-10-36-38(49-40)27-56(43(36)59)39-11-13-41(57)51-42(39)58/h4-10,12,14-15,20,28,30,35,39H,11,13,16-19,21-27H2,1-3H3,(H,47,60)(H,46,48,50)(H,51,57,58). The largest absolute Gasteiger partial charge is 0.372 e. The molecule has 0 saturated carbocycles. The van der Waals surface area contributed by atoms with E-state index in [2.05, 4.69) is 66.0 Å². The van der Waals surface area contributed by atoms with Gasteiger partial charge in [0.2, 0.25) is 17.8 Å². The SMILES string of the molecule is Cc1cc(-c2ccnc(Nc3ccc(N4CCN(CC5CN(c6ccc7c(n6)CN(C6CCC(=O)NC6=O)C7=O)C5)CC4)cc3)n2)ccc1CNC(=O)N1CC(OC(C)C)C1. The van der Waals surface area contributed by atoms with Crippen LogP contribution in [-0.4, -0.2) is 131 Å². The number of carbonyl (C=O) groups is 4. The molecule has 5 aliphatic heterocycles. The topological polar surface area (TPSA) is 168 Å². The number of nitrogens with zero attached hydrogens (tertiary/aromatic N) is 8. The summed E-state index contributed by atoms with van der Waals surface area (Å²) in [4.78, 5) is 74.3. The number of nitrogens with one attached hydrogen (secondary N) is 3. The third-order valence-electron chi connectivity index (χ3n) is 12.3. The first-order valence-electron chi connectivity index (χ1n) is 21.4. The molecule has 2 aromatic heterocycles. The maximum Gasteiger partial charge on any atom is 0.317 e. The molecule has 3 N–H and O–H groups in total. The Hall–Kier alpha value is -6.13. The first-order chi connectivity index (χ1) is 29.5. The van der Waals surface area contributed by atoms with Gasteiger partial charge in [-0.3, -0.25) is 24.6 Å². The number of piperazine rings is 1. The number of amides is 5. The number of likely N-dealkylation sites (tertiary alicyclic amines) is 1. The lowest BCUT2D eigenvalue weighted by molar-refractivity contribution is -0.136. The molecule has 1 unspecified atom stereocenters. The van der Waals surface area contributed by atoms with Crippen molar-refractivity contribution in [1.29, 1.82) is 0 Å². The van der Waals surface area contributed by atoms with E-state index >= 15 is 0 Å². The van der Waals surface area contributed by atoms with Gasteiger partial charge in [0.25, 0.3) is 5.91 Å². The molecule has 0 aliphatic carbocycles. The average molecular weight is 828 g/mol. The molecule has 2 aromatic carbocycles. The van der Waals surface area contributed by atoms with Gasteiger partial charge >= 0.3 is 6.03 Å². The number of aromatic nitrogens is 3. The van der Waals surface area contributed by atoms with E-state index in [0.29, 0.717) is 49.2 Å². The zero-order chi connectivity index (χ0) is 42.2. The van der Waals surface area contributed by atoms with Crippen LogP contribution in [0.4, 0.5) is 27.9 Å². The fraction of sp³-hybridized carbons (Fsp3) is 0.444. The van der Waals surface area contributed by atoms with Crippen LogP contribution in [0.25, 0.3) is 11.3 Å². The summed E-state index contributed by atoms with van der Waals surface area (Å²) in [5, 5.41) is 8.76. The fourth-order valence-corrected chi connectivity index (χ4v) is 8.90. The molecule has 0 spiro atoms. The van der Waals surface area contributed by atoms with Crippen molar-refractivity contribution in [2.45, 2.75) is 65.0 Å².